The van der Waals surface area contributed by atoms with Gasteiger partial charge in [0.1, 0.15) is 5.52 Å². The molecule has 0 aliphatic rings. The summed E-state index contributed by atoms with van der Waals surface area (Å²) in [5, 5.41) is 2.95. The number of nitrogens with zero attached hydrogens (tertiary/aromatic N) is 3. The van der Waals surface area contributed by atoms with E-state index >= 15 is 0 Å². The van der Waals surface area contributed by atoms with Gasteiger partial charge in [-0.05, 0) is 54.4 Å². The van der Waals surface area contributed by atoms with Crippen LogP contribution in [0.25, 0.3) is 16.7 Å². The van der Waals surface area contributed by atoms with Crippen molar-refractivity contribution in [3.05, 3.63) is 118 Å². The summed E-state index contributed by atoms with van der Waals surface area (Å²) in [6.45, 7) is 2.89. The van der Waals surface area contributed by atoms with Crippen LogP contribution >= 0.6 is 0 Å². The molecule has 0 aliphatic heterocycles. The number of aryl methyl sites for hydroxylation is 1. The fourth-order valence-electron chi connectivity index (χ4n) is 3.87. The number of carbonyl (C=O) groups excluding carboxylic acids is 1. The molecular formula is C26H22N4O2. The molecule has 32 heavy (non-hydrogen) atoms. The summed E-state index contributed by atoms with van der Waals surface area (Å²) < 4.78 is 3.54. The van der Waals surface area contributed by atoms with E-state index in [9.17, 15) is 9.59 Å². The molecular weight excluding hydrogens is 400 g/mol. The molecule has 3 aromatic heterocycles. The molecule has 158 valence electrons. The largest absolute Gasteiger partial charge is 0.348 e. The van der Waals surface area contributed by atoms with Gasteiger partial charge in [-0.3, -0.25) is 14.2 Å². The van der Waals surface area contributed by atoms with Crippen LogP contribution in [0.1, 0.15) is 27.0 Å². The topological polar surface area (TPSA) is 68.4 Å². The van der Waals surface area contributed by atoms with E-state index in [1.54, 1.807) is 22.9 Å². The van der Waals surface area contributed by atoms with Gasteiger partial charge in [0.2, 0.25) is 0 Å². The van der Waals surface area contributed by atoms with Crippen LogP contribution < -0.4 is 10.9 Å². The first-order chi connectivity index (χ1) is 15.6. The third kappa shape index (κ3) is 3.67. The lowest BCUT2D eigenvalue weighted by Gasteiger charge is -2.12. The summed E-state index contributed by atoms with van der Waals surface area (Å²) in [7, 11) is 0. The number of fused-ring (bicyclic) bond motifs is 3. The monoisotopic (exact) mass is 422 g/mol. The fourth-order valence-corrected chi connectivity index (χ4v) is 3.87. The highest BCUT2D eigenvalue weighted by Gasteiger charge is 2.12. The van der Waals surface area contributed by atoms with Crippen molar-refractivity contribution < 1.29 is 4.79 Å². The number of benzene rings is 2. The van der Waals surface area contributed by atoms with Crippen LogP contribution in [0.15, 0.2) is 90.0 Å². The molecule has 2 aromatic carbocycles. The lowest BCUT2D eigenvalue weighted by molar-refractivity contribution is 0.0951. The van der Waals surface area contributed by atoms with Crippen LogP contribution in [0.3, 0.4) is 0 Å². The summed E-state index contributed by atoms with van der Waals surface area (Å²) in [5.41, 5.74) is 5.76. The molecule has 5 aromatic rings. The molecule has 6 nitrogen and oxygen atoms in total. The number of carbonyl (C=O) groups is 1. The first kappa shape index (κ1) is 19.8. The molecule has 5 rings (SSSR count). The first-order valence-corrected chi connectivity index (χ1v) is 10.5. The maximum atomic E-state index is 13.1. The Bertz CT molecular complexity index is 1480. The highest BCUT2D eigenvalue weighted by Crippen LogP contribution is 2.15. The zero-order valence-electron chi connectivity index (χ0n) is 17.7. The van der Waals surface area contributed by atoms with Crippen molar-refractivity contribution in [3.63, 3.8) is 0 Å². The van der Waals surface area contributed by atoms with Crippen molar-refractivity contribution in [2.75, 3.05) is 0 Å². The van der Waals surface area contributed by atoms with E-state index in [2.05, 4.69) is 10.3 Å². The molecule has 1 amide bonds. The summed E-state index contributed by atoms with van der Waals surface area (Å²) in [6.07, 6.45) is 3.56. The SMILES string of the molecule is Cc1ccc(CNC(=O)c2ccc(Cn3c(=O)c4cccn4c4cccnc43)cc2)cc1. The minimum absolute atomic E-state index is 0.0962. The Morgan fingerprint density at radius 1 is 0.906 bits per heavy atom. The van der Waals surface area contributed by atoms with E-state index in [0.717, 1.165) is 16.6 Å². The molecule has 6 heteroatoms. The number of pyridine rings is 1. The molecule has 0 saturated carbocycles. The number of nitrogens with one attached hydrogen (secondary N) is 1. The van der Waals surface area contributed by atoms with Crippen LogP contribution in [-0.2, 0) is 13.1 Å². The quantitative estimate of drug-likeness (QED) is 0.467. The Labute approximate surface area is 184 Å². The molecule has 0 saturated heterocycles. The fraction of sp³-hybridized carbons (Fsp3) is 0.115. The predicted octanol–water partition coefficient (Wildman–Crippen LogP) is 3.94. The van der Waals surface area contributed by atoms with Gasteiger partial charge in [0.05, 0.1) is 12.1 Å². The van der Waals surface area contributed by atoms with E-state index in [1.165, 1.54) is 5.56 Å². The van der Waals surface area contributed by atoms with Gasteiger partial charge in [0.25, 0.3) is 11.5 Å². The van der Waals surface area contributed by atoms with E-state index in [0.29, 0.717) is 29.8 Å². The van der Waals surface area contributed by atoms with Crippen LogP contribution in [0, 0.1) is 6.92 Å². The molecule has 0 fully saturated rings. The summed E-state index contributed by atoms with van der Waals surface area (Å²) in [5.74, 6) is -0.129. The average molecular weight is 422 g/mol. The van der Waals surface area contributed by atoms with Crippen LogP contribution in [-0.4, -0.2) is 19.9 Å². The van der Waals surface area contributed by atoms with Gasteiger partial charge in [0, 0.05) is 24.5 Å². The van der Waals surface area contributed by atoms with Crippen molar-refractivity contribution in [2.24, 2.45) is 0 Å². The van der Waals surface area contributed by atoms with Gasteiger partial charge >= 0.3 is 0 Å². The van der Waals surface area contributed by atoms with Crippen molar-refractivity contribution >= 4 is 22.6 Å². The zero-order valence-corrected chi connectivity index (χ0v) is 17.7. The highest BCUT2D eigenvalue weighted by atomic mass is 16.1. The Balaban J connectivity index is 1.37. The molecule has 0 spiro atoms. The van der Waals surface area contributed by atoms with Gasteiger partial charge in [-0.15, -0.1) is 0 Å². The Hall–Kier alpha value is -4.19. The summed E-state index contributed by atoms with van der Waals surface area (Å²) in [4.78, 5) is 30.0. The van der Waals surface area contributed by atoms with Gasteiger partial charge in [-0.25, -0.2) is 4.98 Å². The molecule has 0 bridgehead atoms. The molecule has 1 N–H and O–H groups in total. The van der Waals surface area contributed by atoms with Crippen molar-refractivity contribution in [2.45, 2.75) is 20.0 Å². The van der Waals surface area contributed by atoms with E-state index in [-0.39, 0.29) is 11.5 Å². The maximum Gasteiger partial charge on any atom is 0.276 e. The van der Waals surface area contributed by atoms with Crippen molar-refractivity contribution in [3.8, 4) is 0 Å². The standard InChI is InChI=1S/C26H22N4O2/c1-18-6-8-19(9-7-18)16-28-25(31)21-12-10-20(11-13-21)17-30-24-22(4-2-14-27-24)29-15-3-5-23(29)26(30)32/h2-15H,16-17H2,1H3,(H,28,31). The average Bonchev–Trinajstić information content (AvgIpc) is 3.32. The second kappa shape index (κ2) is 8.15. The zero-order chi connectivity index (χ0) is 22.1. The smallest absolute Gasteiger partial charge is 0.276 e. The number of hydrogen-bond donors (Lipinski definition) is 1. The second-order valence-electron chi connectivity index (χ2n) is 7.87. The van der Waals surface area contributed by atoms with Crippen LogP contribution in [0.5, 0.6) is 0 Å². The predicted molar refractivity (Wildman–Crippen MR) is 125 cm³/mol. The summed E-state index contributed by atoms with van der Waals surface area (Å²) in [6, 6.07) is 22.9. The third-order valence-electron chi connectivity index (χ3n) is 5.62. The Morgan fingerprint density at radius 2 is 1.62 bits per heavy atom. The molecule has 0 aliphatic carbocycles. The molecule has 0 unspecified atom stereocenters. The van der Waals surface area contributed by atoms with Crippen molar-refractivity contribution in [1.29, 1.82) is 0 Å². The molecule has 3 heterocycles. The van der Waals surface area contributed by atoms with Gasteiger partial charge < -0.3 is 9.72 Å². The number of hydrogen-bond acceptors (Lipinski definition) is 3. The summed E-state index contributed by atoms with van der Waals surface area (Å²) >= 11 is 0. The van der Waals surface area contributed by atoms with Gasteiger partial charge in [-0.1, -0.05) is 42.0 Å². The molecule has 0 atom stereocenters. The Kier molecular flexibility index (Phi) is 5.03. The highest BCUT2D eigenvalue weighted by molar-refractivity contribution is 5.94. The van der Waals surface area contributed by atoms with Crippen LogP contribution in [0.4, 0.5) is 0 Å². The van der Waals surface area contributed by atoms with E-state index < -0.39 is 0 Å². The maximum absolute atomic E-state index is 13.1. The normalized spacial score (nSPS) is 11.2. The van der Waals surface area contributed by atoms with Crippen LogP contribution in [0.2, 0.25) is 0 Å². The minimum atomic E-state index is -0.129. The van der Waals surface area contributed by atoms with Gasteiger partial charge in [-0.2, -0.15) is 0 Å². The number of aromatic nitrogens is 3. The van der Waals surface area contributed by atoms with E-state index in [1.807, 2.05) is 78.2 Å². The third-order valence-corrected chi connectivity index (χ3v) is 5.62. The minimum Gasteiger partial charge on any atom is -0.348 e. The Morgan fingerprint density at radius 3 is 2.41 bits per heavy atom. The lowest BCUT2D eigenvalue weighted by Crippen LogP contribution is -2.24. The number of rotatable bonds is 5. The van der Waals surface area contributed by atoms with E-state index in [4.69, 9.17) is 0 Å². The van der Waals surface area contributed by atoms with Crippen molar-refractivity contribution in [1.82, 2.24) is 19.3 Å². The van der Waals surface area contributed by atoms with Gasteiger partial charge in [0.15, 0.2) is 5.65 Å². The number of amides is 1. The molecule has 0 radical (unpaired) electrons. The lowest BCUT2D eigenvalue weighted by atomic mass is 10.1. The first-order valence-electron chi connectivity index (χ1n) is 10.5. The second-order valence-corrected chi connectivity index (χ2v) is 7.87.